The molecule has 0 atom stereocenters. The molecule has 0 spiro atoms. The van der Waals surface area contributed by atoms with Crippen LogP contribution in [0.5, 0.6) is 40.2 Å². The van der Waals surface area contributed by atoms with E-state index in [9.17, 15) is 30.0 Å². The molecular weight excluding hydrogens is 500 g/mol. The average molecular weight is 525 g/mol. The van der Waals surface area contributed by atoms with Gasteiger partial charge in [0, 0.05) is 23.3 Å². The van der Waals surface area contributed by atoms with Gasteiger partial charge in [-0.3, -0.25) is 9.59 Å². The van der Waals surface area contributed by atoms with E-state index in [1.54, 1.807) is 30.3 Å². The maximum absolute atomic E-state index is 12.8. The lowest BCUT2D eigenvalue weighted by atomic mass is 10.1. The quantitative estimate of drug-likeness (QED) is 0.152. The number of ketones is 2. The van der Waals surface area contributed by atoms with Gasteiger partial charge in [0.2, 0.25) is 0 Å². The molecule has 4 aromatic rings. The Morgan fingerprint density at radius 1 is 0.667 bits per heavy atom. The van der Waals surface area contributed by atoms with Crippen LogP contribution in [0.25, 0.3) is 12.2 Å². The SMILES string of the molecule is COc1cc(O)c(C(=O)C=Cc2ccc(O)cc2)cc1Oc1ccc(C=CC(=O)c2ccc(O)cc2)c(O)c1. The van der Waals surface area contributed by atoms with E-state index in [-0.39, 0.29) is 51.6 Å². The van der Waals surface area contributed by atoms with Crippen LogP contribution in [0.15, 0.2) is 91.0 Å². The molecule has 4 aromatic carbocycles. The highest BCUT2D eigenvalue weighted by Gasteiger charge is 2.17. The molecule has 4 N–H and O–H groups in total. The normalized spacial score (nSPS) is 11.1. The van der Waals surface area contributed by atoms with Gasteiger partial charge in [0.15, 0.2) is 23.1 Å². The summed E-state index contributed by atoms with van der Waals surface area (Å²) in [6.45, 7) is 0. The second-order valence-electron chi connectivity index (χ2n) is 8.38. The summed E-state index contributed by atoms with van der Waals surface area (Å²) in [5.74, 6) is -0.598. The number of methoxy groups -OCH3 is 1. The van der Waals surface area contributed by atoms with Crippen molar-refractivity contribution in [1.82, 2.24) is 0 Å². The number of hydrogen-bond acceptors (Lipinski definition) is 8. The first-order valence-corrected chi connectivity index (χ1v) is 11.7. The number of allylic oxidation sites excluding steroid dienone is 2. The lowest BCUT2D eigenvalue weighted by Gasteiger charge is -2.13. The highest BCUT2D eigenvalue weighted by Crippen LogP contribution is 2.38. The van der Waals surface area contributed by atoms with Crippen molar-refractivity contribution in [2.24, 2.45) is 0 Å². The molecule has 0 aliphatic carbocycles. The predicted molar refractivity (Wildman–Crippen MR) is 146 cm³/mol. The Balaban J connectivity index is 1.53. The molecule has 39 heavy (non-hydrogen) atoms. The van der Waals surface area contributed by atoms with Crippen LogP contribution in [0.3, 0.4) is 0 Å². The third-order valence-electron chi connectivity index (χ3n) is 5.66. The van der Waals surface area contributed by atoms with Gasteiger partial charge in [0.05, 0.1) is 12.7 Å². The molecule has 0 radical (unpaired) electrons. The van der Waals surface area contributed by atoms with Crippen LogP contribution >= 0.6 is 0 Å². The van der Waals surface area contributed by atoms with Gasteiger partial charge in [0.25, 0.3) is 0 Å². The molecule has 0 saturated heterocycles. The van der Waals surface area contributed by atoms with E-state index >= 15 is 0 Å². The molecule has 8 heteroatoms. The zero-order valence-corrected chi connectivity index (χ0v) is 20.7. The highest BCUT2D eigenvalue weighted by molar-refractivity contribution is 6.09. The third kappa shape index (κ3) is 6.64. The van der Waals surface area contributed by atoms with Gasteiger partial charge < -0.3 is 29.9 Å². The lowest BCUT2D eigenvalue weighted by molar-refractivity contribution is 0.103. The Hall–Kier alpha value is -5.50. The third-order valence-corrected chi connectivity index (χ3v) is 5.66. The monoisotopic (exact) mass is 524 g/mol. The fourth-order valence-corrected chi connectivity index (χ4v) is 3.58. The number of phenolic OH excluding ortho intramolecular Hbond substituents is 4. The van der Waals surface area contributed by atoms with E-state index < -0.39 is 5.78 Å². The van der Waals surface area contributed by atoms with Crippen LogP contribution in [0.4, 0.5) is 0 Å². The molecule has 0 fully saturated rings. The van der Waals surface area contributed by atoms with Crippen molar-refractivity contribution in [2.75, 3.05) is 7.11 Å². The molecule has 0 unspecified atom stereocenters. The first kappa shape index (κ1) is 26.6. The topological polar surface area (TPSA) is 134 Å². The molecule has 0 saturated carbocycles. The van der Waals surface area contributed by atoms with Crippen LogP contribution < -0.4 is 9.47 Å². The number of carbonyl (C=O) groups is 2. The van der Waals surface area contributed by atoms with Crippen LogP contribution in [0.1, 0.15) is 31.8 Å². The molecule has 0 amide bonds. The molecule has 8 nitrogen and oxygen atoms in total. The largest absolute Gasteiger partial charge is 0.508 e. The summed E-state index contributed by atoms with van der Waals surface area (Å²) in [7, 11) is 1.38. The first-order chi connectivity index (χ1) is 18.7. The molecule has 0 bridgehead atoms. The van der Waals surface area contributed by atoms with Crippen LogP contribution in [-0.4, -0.2) is 39.1 Å². The minimum atomic E-state index is -0.491. The fraction of sp³-hybridized carbons (Fsp3) is 0.0323. The van der Waals surface area contributed by atoms with Crippen LogP contribution in [0.2, 0.25) is 0 Å². The minimum absolute atomic E-state index is 0.0302. The number of aromatic hydroxyl groups is 4. The summed E-state index contributed by atoms with van der Waals surface area (Å²) in [4.78, 5) is 25.1. The van der Waals surface area contributed by atoms with Crippen molar-refractivity contribution in [3.8, 4) is 40.2 Å². The highest BCUT2D eigenvalue weighted by atomic mass is 16.5. The number of phenols is 4. The first-order valence-electron chi connectivity index (χ1n) is 11.7. The average Bonchev–Trinajstić information content (AvgIpc) is 2.93. The van der Waals surface area contributed by atoms with Gasteiger partial charge in [-0.05, 0) is 78.4 Å². The maximum atomic E-state index is 12.8. The number of carbonyl (C=O) groups excluding carboxylic acids is 2. The molecule has 4 rings (SSSR count). The van der Waals surface area contributed by atoms with Crippen molar-refractivity contribution in [1.29, 1.82) is 0 Å². The number of benzene rings is 4. The van der Waals surface area contributed by atoms with Gasteiger partial charge in [0.1, 0.15) is 28.7 Å². The summed E-state index contributed by atoms with van der Waals surface area (Å²) >= 11 is 0. The second-order valence-corrected chi connectivity index (χ2v) is 8.38. The Labute approximate surface area is 224 Å². The molecule has 196 valence electrons. The lowest BCUT2D eigenvalue weighted by Crippen LogP contribution is -1.98. The van der Waals surface area contributed by atoms with E-state index in [0.29, 0.717) is 16.7 Å². The van der Waals surface area contributed by atoms with E-state index in [1.165, 1.54) is 79.9 Å². The van der Waals surface area contributed by atoms with Gasteiger partial charge in [-0.15, -0.1) is 0 Å². The molecule has 0 aliphatic rings. The van der Waals surface area contributed by atoms with Crippen molar-refractivity contribution in [3.63, 3.8) is 0 Å². The predicted octanol–water partition coefficient (Wildman–Crippen LogP) is 6.10. The summed E-state index contributed by atoms with van der Waals surface area (Å²) in [6.07, 6.45) is 5.58. The Morgan fingerprint density at radius 2 is 1.31 bits per heavy atom. The molecule has 0 aromatic heterocycles. The summed E-state index contributed by atoms with van der Waals surface area (Å²) in [6, 6.07) is 19.1. The summed E-state index contributed by atoms with van der Waals surface area (Å²) in [5, 5.41) is 39.6. The standard InChI is InChI=1S/C31H24O8/c1-38-30-18-29(37)25(27(35)14-4-19-2-9-22(32)10-3-19)17-31(30)39-24-13-7-21(28(36)16-24)8-15-26(34)20-5-11-23(33)12-6-20/h2-18,32-33,36-37H,1H3. The van der Waals surface area contributed by atoms with Crippen molar-refractivity contribution >= 4 is 23.7 Å². The minimum Gasteiger partial charge on any atom is -0.508 e. The molecule has 0 heterocycles. The Kier molecular flexibility index (Phi) is 7.97. The van der Waals surface area contributed by atoms with Gasteiger partial charge in [-0.2, -0.15) is 0 Å². The number of rotatable bonds is 9. The van der Waals surface area contributed by atoms with Crippen molar-refractivity contribution in [3.05, 3.63) is 113 Å². The van der Waals surface area contributed by atoms with Gasteiger partial charge in [-0.25, -0.2) is 0 Å². The zero-order chi connectivity index (χ0) is 27.9. The Bertz CT molecular complexity index is 1570. The second kappa shape index (κ2) is 11.7. The summed E-state index contributed by atoms with van der Waals surface area (Å²) in [5.41, 5.74) is 1.39. The van der Waals surface area contributed by atoms with Crippen LogP contribution in [0, 0.1) is 0 Å². The molecular formula is C31H24O8. The molecule has 0 aliphatic heterocycles. The van der Waals surface area contributed by atoms with Crippen molar-refractivity contribution < 1.29 is 39.5 Å². The maximum Gasteiger partial charge on any atom is 0.189 e. The van der Waals surface area contributed by atoms with E-state index in [1.807, 2.05) is 0 Å². The van der Waals surface area contributed by atoms with E-state index in [2.05, 4.69) is 0 Å². The van der Waals surface area contributed by atoms with Gasteiger partial charge in [-0.1, -0.05) is 18.2 Å². The van der Waals surface area contributed by atoms with Crippen LogP contribution in [-0.2, 0) is 0 Å². The fourth-order valence-electron chi connectivity index (χ4n) is 3.58. The van der Waals surface area contributed by atoms with Gasteiger partial charge >= 0.3 is 0 Å². The smallest absolute Gasteiger partial charge is 0.189 e. The summed E-state index contributed by atoms with van der Waals surface area (Å²) < 4.78 is 11.1. The number of hydrogen-bond donors (Lipinski definition) is 4. The van der Waals surface area contributed by atoms with E-state index in [0.717, 1.165) is 0 Å². The van der Waals surface area contributed by atoms with Crippen molar-refractivity contribution in [2.45, 2.75) is 0 Å². The van der Waals surface area contributed by atoms with E-state index in [4.69, 9.17) is 9.47 Å². The zero-order valence-electron chi connectivity index (χ0n) is 20.7. The Morgan fingerprint density at radius 3 is 1.95 bits per heavy atom. The number of ether oxygens (including phenoxy) is 2.